The zero-order chi connectivity index (χ0) is 20.3. The number of H-pyrrole nitrogens is 1. The Morgan fingerprint density at radius 3 is 2.82 bits per heavy atom. The molecular weight excluding hydrogens is 348 g/mol. The average Bonchev–Trinajstić information content (AvgIpc) is 3.37. The van der Waals surface area contributed by atoms with Crippen molar-refractivity contribution in [3.8, 4) is 0 Å². The quantitative estimate of drug-likeness (QED) is 0.742. The van der Waals surface area contributed by atoms with Gasteiger partial charge in [-0.1, -0.05) is 52.5 Å². The van der Waals surface area contributed by atoms with E-state index in [1.54, 1.807) is 0 Å². The lowest BCUT2D eigenvalue weighted by Gasteiger charge is -2.19. The summed E-state index contributed by atoms with van der Waals surface area (Å²) in [5.41, 5.74) is 4.88. The summed E-state index contributed by atoms with van der Waals surface area (Å²) in [5.74, 6) is 0.866. The lowest BCUT2D eigenvalue weighted by molar-refractivity contribution is 0.0784. The second-order valence-electron chi connectivity index (χ2n) is 8.16. The van der Waals surface area contributed by atoms with Crippen molar-refractivity contribution >= 4 is 11.6 Å². The molecule has 2 atom stereocenters. The number of hydrogen-bond acceptors (Lipinski definition) is 3. The van der Waals surface area contributed by atoms with Gasteiger partial charge in [-0.15, -0.1) is 0 Å². The standard InChI is InChI=1S/C23H32N4O/c1-6-16(4)18-8-7-9-19(12-18)17(5)24-20-10-11-27(14-20)23(28)22-13-21(15(2)3)25-26-22/h7-9,12-13,15-16,20,24H,5-6,10-11,14H2,1-4H3,(H,25,26). The summed E-state index contributed by atoms with van der Waals surface area (Å²) >= 11 is 0. The average molecular weight is 381 g/mol. The van der Waals surface area contributed by atoms with E-state index in [0.717, 1.165) is 36.3 Å². The fourth-order valence-electron chi connectivity index (χ4n) is 3.56. The molecule has 0 bridgehead atoms. The van der Waals surface area contributed by atoms with Gasteiger partial charge in [-0.25, -0.2) is 0 Å². The summed E-state index contributed by atoms with van der Waals surface area (Å²) < 4.78 is 0. The van der Waals surface area contributed by atoms with Gasteiger partial charge in [-0.3, -0.25) is 9.89 Å². The molecule has 1 fully saturated rings. The number of amides is 1. The van der Waals surface area contributed by atoms with Gasteiger partial charge in [0.05, 0.1) is 0 Å². The monoisotopic (exact) mass is 380 g/mol. The molecule has 0 radical (unpaired) electrons. The number of carbonyl (C=O) groups excluding carboxylic acids is 1. The van der Waals surface area contributed by atoms with Crippen LogP contribution in [0.3, 0.4) is 0 Å². The molecule has 1 saturated heterocycles. The van der Waals surface area contributed by atoms with E-state index in [-0.39, 0.29) is 11.9 Å². The van der Waals surface area contributed by atoms with Crippen molar-refractivity contribution in [2.24, 2.45) is 0 Å². The lowest BCUT2D eigenvalue weighted by Crippen LogP contribution is -2.34. The van der Waals surface area contributed by atoms with Crippen LogP contribution in [0.2, 0.25) is 0 Å². The topological polar surface area (TPSA) is 61.0 Å². The summed E-state index contributed by atoms with van der Waals surface area (Å²) in [6.07, 6.45) is 2.03. The van der Waals surface area contributed by atoms with Crippen molar-refractivity contribution in [1.82, 2.24) is 20.4 Å². The molecular formula is C23H32N4O. The molecule has 3 rings (SSSR count). The Morgan fingerprint density at radius 1 is 1.36 bits per heavy atom. The van der Waals surface area contributed by atoms with E-state index < -0.39 is 0 Å². The number of nitrogens with one attached hydrogen (secondary N) is 2. The van der Waals surface area contributed by atoms with E-state index in [1.165, 1.54) is 5.56 Å². The molecule has 1 aliphatic rings. The van der Waals surface area contributed by atoms with Crippen LogP contribution < -0.4 is 5.32 Å². The highest BCUT2D eigenvalue weighted by atomic mass is 16.2. The van der Waals surface area contributed by atoms with Crippen LogP contribution in [-0.2, 0) is 0 Å². The molecule has 1 aromatic heterocycles. The first-order valence-corrected chi connectivity index (χ1v) is 10.3. The van der Waals surface area contributed by atoms with Crippen molar-refractivity contribution in [3.05, 3.63) is 59.4 Å². The van der Waals surface area contributed by atoms with Gasteiger partial charge < -0.3 is 10.2 Å². The number of rotatable bonds is 7. The first-order chi connectivity index (χ1) is 13.4. The Bertz CT molecular complexity index is 839. The fourth-order valence-corrected chi connectivity index (χ4v) is 3.56. The summed E-state index contributed by atoms with van der Waals surface area (Å²) in [5, 5.41) is 10.7. The number of likely N-dealkylation sites (tertiary alicyclic amines) is 1. The second kappa shape index (κ2) is 8.63. The van der Waals surface area contributed by atoms with Gasteiger partial charge in [0.25, 0.3) is 5.91 Å². The van der Waals surface area contributed by atoms with Crippen molar-refractivity contribution in [2.75, 3.05) is 13.1 Å². The Hall–Kier alpha value is -2.56. The molecule has 0 spiro atoms. The number of carbonyl (C=O) groups is 1. The SMILES string of the molecule is C=C(NC1CCN(C(=O)c2cc(C(C)C)[nH]n2)C1)c1cccc(C(C)CC)c1. The summed E-state index contributed by atoms with van der Waals surface area (Å²) in [4.78, 5) is 14.6. The van der Waals surface area contributed by atoms with Crippen LogP contribution in [0.1, 0.15) is 79.7 Å². The van der Waals surface area contributed by atoms with Crippen molar-refractivity contribution < 1.29 is 4.79 Å². The minimum atomic E-state index is -0.00294. The van der Waals surface area contributed by atoms with Crippen LogP contribution in [0.15, 0.2) is 36.9 Å². The largest absolute Gasteiger partial charge is 0.380 e. The van der Waals surface area contributed by atoms with E-state index in [0.29, 0.717) is 24.1 Å². The van der Waals surface area contributed by atoms with Gasteiger partial charge >= 0.3 is 0 Å². The molecule has 0 saturated carbocycles. The van der Waals surface area contributed by atoms with E-state index in [4.69, 9.17) is 0 Å². The van der Waals surface area contributed by atoms with Crippen molar-refractivity contribution in [2.45, 2.75) is 58.4 Å². The molecule has 5 nitrogen and oxygen atoms in total. The minimum absolute atomic E-state index is 0.00294. The predicted molar refractivity (Wildman–Crippen MR) is 114 cm³/mol. The van der Waals surface area contributed by atoms with Crippen LogP contribution in [0, 0.1) is 0 Å². The zero-order valence-electron chi connectivity index (χ0n) is 17.5. The third-order valence-electron chi connectivity index (χ3n) is 5.71. The van der Waals surface area contributed by atoms with E-state index in [9.17, 15) is 4.79 Å². The third-order valence-corrected chi connectivity index (χ3v) is 5.71. The summed E-state index contributed by atoms with van der Waals surface area (Å²) in [7, 11) is 0. The molecule has 28 heavy (non-hydrogen) atoms. The molecule has 2 aromatic rings. The molecule has 1 aliphatic heterocycles. The highest BCUT2D eigenvalue weighted by Gasteiger charge is 2.28. The van der Waals surface area contributed by atoms with Gasteiger partial charge in [-0.05, 0) is 47.9 Å². The number of hydrogen-bond donors (Lipinski definition) is 2. The molecule has 2 N–H and O–H groups in total. The van der Waals surface area contributed by atoms with Gasteiger partial charge in [0.1, 0.15) is 5.69 Å². The van der Waals surface area contributed by atoms with Gasteiger partial charge in [0.15, 0.2) is 0 Å². The highest BCUT2D eigenvalue weighted by Crippen LogP contribution is 2.23. The third kappa shape index (κ3) is 4.46. The Kier molecular flexibility index (Phi) is 6.22. The number of benzene rings is 1. The molecule has 2 unspecified atom stereocenters. The van der Waals surface area contributed by atoms with Crippen LogP contribution in [-0.4, -0.2) is 40.1 Å². The van der Waals surface area contributed by atoms with Crippen LogP contribution in [0.5, 0.6) is 0 Å². The number of aromatic nitrogens is 2. The van der Waals surface area contributed by atoms with Gasteiger partial charge in [0, 0.05) is 30.5 Å². The molecule has 150 valence electrons. The molecule has 1 amide bonds. The van der Waals surface area contributed by atoms with E-state index in [1.807, 2.05) is 11.0 Å². The minimum Gasteiger partial charge on any atom is -0.380 e. The Labute approximate surface area is 168 Å². The summed E-state index contributed by atoms with van der Waals surface area (Å²) in [6.45, 7) is 14.3. The van der Waals surface area contributed by atoms with E-state index >= 15 is 0 Å². The highest BCUT2D eigenvalue weighted by molar-refractivity contribution is 5.92. The first kappa shape index (κ1) is 20.2. The van der Waals surface area contributed by atoms with Crippen LogP contribution >= 0.6 is 0 Å². The lowest BCUT2D eigenvalue weighted by atomic mass is 9.96. The predicted octanol–water partition coefficient (Wildman–Crippen LogP) is 4.52. The second-order valence-corrected chi connectivity index (χ2v) is 8.16. The van der Waals surface area contributed by atoms with Gasteiger partial charge in [0.2, 0.25) is 0 Å². The molecule has 1 aromatic carbocycles. The first-order valence-electron chi connectivity index (χ1n) is 10.3. The van der Waals surface area contributed by atoms with E-state index in [2.05, 4.69) is 74.1 Å². The molecule has 0 aliphatic carbocycles. The van der Waals surface area contributed by atoms with Crippen LogP contribution in [0.25, 0.3) is 5.70 Å². The maximum Gasteiger partial charge on any atom is 0.274 e. The maximum absolute atomic E-state index is 12.7. The Morgan fingerprint density at radius 2 is 2.14 bits per heavy atom. The van der Waals surface area contributed by atoms with Gasteiger partial charge in [-0.2, -0.15) is 5.10 Å². The fraction of sp³-hybridized carbons (Fsp3) is 0.478. The molecule has 2 heterocycles. The number of nitrogens with zero attached hydrogens (tertiary/aromatic N) is 2. The summed E-state index contributed by atoms with van der Waals surface area (Å²) in [6, 6.07) is 10.7. The smallest absolute Gasteiger partial charge is 0.274 e. The zero-order valence-corrected chi connectivity index (χ0v) is 17.5. The normalized spacial score (nSPS) is 17.8. The number of aromatic amines is 1. The Balaban J connectivity index is 1.59. The van der Waals surface area contributed by atoms with Crippen molar-refractivity contribution in [1.29, 1.82) is 0 Å². The van der Waals surface area contributed by atoms with Crippen LogP contribution in [0.4, 0.5) is 0 Å². The molecule has 5 heteroatoms. The van der Waals surface area contributed by atoms with Crippen molar-refractivity contribution in [3.63, 3.8) is 0 Å². The maximum atomic E-state index is 12.7.